The second-order valence-electron chi connectivity index (χ2n) is 10.4. The molecule has 4 fully saturated rings. The number of benzene rings is 2. The lowest BCUT2D eigenvalue weighted by Gasteiger charge is -2.55. The van der Waals surface area contributed by atoms with E-state index >= 15 is 0 Å². The fourth-order valence-corrected chi connectivity index (χ4v) is 7.01. The molecule has 0 amide bonds. The lowest BCUT2D eigenvalue weighted by Crippen LogP contribution is -2.51. The van der Waals surface area contributed by atoms with E-state index in [1.165, 1.54) is 19.3 Å². The van der Waals surface area contributed by atoms with E-state index in [0.717, 1.165) is 19.3 Å². The van der Waals surface area contributed by atoms with Crippen molar-refractivity contribution in [3.05, 3.63) is 59.2 Å². The van der Waals surface area contributed by atoms with Crippen molar-refractivity contribution >= 4 is 17.5 Å². The van der Waals surface area contributed by atoms with Gasteiger partial charge in [0.15, 0.2) is 29.7 Å². The van der Waals surface area contributed by atoms with Gasteiger partial charge in [-0.3, -0.25) is 9.59 Å². The zero-order chi connectivity index (χ0) is 23.3. The van der Waals surface area contributed by atoms with Crippen LogP contribution in [0.4, 0.5) is 0 Å². The minimum atomic E-state index is -0.639. The van der Waals surface area contributed by atoms with Crippen LogP contribution in [0.25, 0.3) is 0 Å². The normalized spacial score (nSPS) is 28.4. The third kappa shape index (κ3) is 3.69. The molecule has 5 aliphatic rings. The Morgan fingerprint density at radius 3 is 2.12 bits per heavy atom. The van der Waals surface area contributed by atoms with E-state index in [1.54, 1.807) is 42.5 Å². The van der Waals surface area contributed by atoms with Crippen LogP contribution in [0.2, 0.25) is 0 Å². The van der Waals surface area contributed by atoms with Crippen molar-refractivity contribution in [3.63, 3.8) is 0 Å². The highest BCUT2D eigenvalue weighted by Crippen LogP contribution is 2.60. The summed E-state index contributed by atoms with van der Waals surface area (Å²) in [5, 5.41) is 0. The molecule has 0 saturated heterocycles. The summed E-state index contributed by atoms with van der Waals surface area (Å²) in [4.78, 5) is 39.5. The molecule has 2 aromatic rings. The van der Waals surface area contributed by atoms with Crippen LogP contribution < -0.4 is 9.47 Å². The van der Waals surface area contributed by atoms with Gasteiger partial charge in [-0.2, -0.15) is 0 Å². The number of carbonyl (C=O) groups excluding carboxylic acids is 3. The molecule has 0 spiro atoms. The average Bonchev–Trinajstić information content (AvgIpc) is 2.85. The van der Waals surface area contributed by atoms with Crippen LogP contribution >= 0.6 is 0 Å². The summed E-state index contributed by atoms with van der Waals surface area (Å²) in [7, 11) is 0. The Hall–Kier alpha value is -3.15. The van der Waals surface area contributed by atoms with E-state index in [4.69, 9.17) is 14.2 Å². The molecule has 6 heteroatoms. The molecule has 1 heterocycles. The largest absolute Gasteiger partial charge is 0.486 e. The highest BCUT2D eigenvalue weighted by Gasteiger charge is 2.54. The van der Waals surface area contributed by atoms with Gasteiger partial charge in [-0.1, -0.05) is 18.2 Å². The molecule has 34 heavy (non-hydrogen) atoms. The maximum absolute atomic E-state index is 13.3. The third-order valence-electron chi connectivity index (χ3n) is 8.16. The van der Waals surface area contributed by atoms with Crippen LogP contribution in [0.5, 0.6) is 11.5 Å². The van der Waals surface area contributed by atoms with Crippen LogP contribution in [0.3, 0.4) is 0 Å². The maximum Gasteiger partial charge on any atom is 0.339 e. The summed E-state index contributed by atoms with van der Waals surface area (Å²) in [5.74, 6) is 2.16. The number of fused-ring (bicyclic) bond motifs is 1. The van der Waals surface area contributed by atoms with E-state index < -0.39 is 5.97 Å². The molecular formula is C28H28O6. The lowest BCUT2D eigenvalue weighted by atomic mass is 9.48. The van der Waals surface area contributed by atoms with Crippen molar-refractivity contribution in [1.29, 1.82) is 0 Å². The number of hydrogen-bond acceptors (Lipinski definition) is 6. The smallest absolute Gasteiger partial charge is 0.339 e. The average molecular weight is 461 g/mol. The zero-order valence-corrected chi connectivity index (χ0v) is 19.1. The maximum atomic E-state index is 13.3. The van der Waals surface area contributed by atoms with Gasteiger partial charge >= 0.3 is 5.97 Å². The van der Waals surface area contributed by atoms with Crippen molar-refractivity contribution in [2.75, 3.05) is 19.8 Å². The molecule has 0 aromatic heterocycles. The van der Waals surface area contributed by atoms with Gasteiger partial charge in [0.25, 0.3) is 0 Å². The number of carbonyl (C=O) groups is 3. The molecule has 4 aliphatic carbocycles. The van der Waals surface area contributed by atoms with Gasteiger partial charge in [0.1, 0.15) is 13.2 Å². The van der Waals surface area contributed by atoms with Crippen molar-refractivity contribution in [3.8, 4) is 11.5 Å². The summed E-state index contributed by atoms with van der Waals surface area (Å²) < 4.78 is 16.6. The molecule has 7 rings (SSSR count). The first kappa shape index (κ1) is 21.4. The number of hydrogen-bond donors (Lipinski definition) is 0. The number of rotatable bonds is 6. The Morgan fingerprint density at radius 2 is 1.44 bits per heavy atom. The van der Waals surface area contributed by atoms with Crippen molar-refractivity contribution in [2.24, 2.45) is 23.2 Å². The third-order valence-corrected chi connectivity index (χ3v) is 8.16. The van der Waals surface area contributed by atoms with Crippen molar-refractivity contribution in [1.82, 2.24) is 0 Å². The quantitative estimate of drug-likeness (QED) is 0.462. The van der Waals surface area contributed by atoms with Crippen molar-refractivity contribution < 1.29 is 28.6 Å². The molecular weight excluding hydrogens is 432 g/mol. The number of ether oxygens (including phenoxy) is 3. The summed E-state index contributed by atoms with van der Waals surface area (Å²) in [6.45, 7) is 0.666. The molecule has 4 bridgehead atoms. The fourth-order valence-electron chi connectivity index (χ4n) is 7.01. The van der Waals surface area contributed by atoms with Crippen LogP contribution in [0.1, 0.15) is 64.8 Å². The van der Waals surface area contributed by atoms with Gasteiger partial charge in [0, 0.05) is 16.5 Å². The van der Waals surface area contributed by atoms with E-state index in [9.17, 15) is 14.4 Å². The van der Waals surface area contributed by atoms with Gasteiger partial charge in [-0.15, -0.1) is 0 Å². The Balaban J connectivity index is 1.17. The van der Waals surface area contributed by atoms with E-state index in [0.29, 0.717) is 48.0 Å². The monoisotopic (exact) mass is 460 g/mol. The lowest BCUT2D eigenvalue weighted by molar-refractivity contribution is -0.147. The van der Waals surface area contributed by atoms with Gasteiger partial charge < -0.3 is 14.2 Å². The minimum Gasteiger partial charge on any atom is -0.486 e. The van der Waals surface area contributed by atoms with Crippen LogP contribution in [0.15, 0.2) is 42.5 Å². The molecule has 1 aliphatic heterocycles. The number of esters is 1. The van der Waals surface area contributed by atoms with Crippen LogP contribution in [0, 0.1) is 23.2 Å². The van der Waals surface area contributed by atoms with Gasteiger partial charge in [-0.25, -0.2) is 4.79 Å². The Kier molecular flexibility index (Phi) is 5.19. The SMILES string of the molecule is O=C(OCC(=O)C12CC3CC(CC(C3)C1)C2)c1ccccc1C(=O)c1ccc2c(c1)OCCO2. The molecule has 4 saturated carbocycles. The Bertz CT molecular complexity index is 1130. The Labute approximate surface area is 198 Å². The molecule has 0 radical (unpaired) electrons. The van der Waals surface area contributed by atoms with E-state index in [2.05, 4.69) is 0 Å². The summed E-state index contributed by atoms with van der Waals surface area (Å²) in [6.07, 6.45) is 6.57. The summed E-state index contributed by atoms with van der Waals surface area (Å²) in [5.41, 5.74) is 0.497. The first-order chi connectivity index (χ1) is 16.5. The molecule has 0 unspecified atom stereocenters. The highest BCUT2D eigenvalue weighted by molar-refractivity contribution is 6.14. The standard InChI is InChI=1S/C28H28O6/c29-25(28-13-17-9-18(14-28)11-19(10-17)15-28)16-34-27(31)22-4-2-1-3-21(22)26(30)20-5-6-23-24(12-20)33-8-7-32-23/h1-6,12,17-19H,7-11,13-16H2. The molecule has 2 aromatic carbocycles. The van der Waals surface area contributed by atoms with Crippen LogP contribution in [-0.2, 0) is 9.53 Å². The zero-order valence-electron chi connectivity index (χ0n) is 19.1. The summed E-state index contributed by atoms with van der Waals surface area (Å²) >= 11 is 0. The van der Waals surface area contributed by atoms with Crippen LogP contribution in [-0.4, -0.2) is 37.4 Å². The first-order valence-electron chi connectivity index (χ1n) is 12.2. The van der Waals surface area contributed by atoms with E-state index in [1.807, 2.05) is 0 Å². The van der Waals surface area contributed by atoms with E-state index in [-0.39, 0.29) is 34.7 Å². The minimum absolute atomic E-state index is 0.0515. The number of Topliss-reactive ketones (excluding diaryl/α,β-unsaturated/α-hetero) is 1. The second-order valence-corrected chi connectivity index (χ2v) is 10.4. The van der Waals surface area contributed by atoms with Gasteiger partial charge in [0.05, 0.1) is 5.56 Å². The van der Waals surface area contributed by atoms with Crippen molar-refractivity contribution in [2.45, 2.75) is 38.5 Å². The molecule has 176 valence electrons. The molecule has 6 nitrogen and oxygen atoms in total. The van der Waals surface area contributed by atoms with Gasteiger partial charge in [0.2, 0.25) is 0 Å². The fraction of sp³-hybridized carbons (Fsp3) is 0.464. The highest BCUT2D eigenvalue weighted by atomic mass is 16.6. The second kappa shape index (κ2) is 8.26. The Morgan fingerprint density at radius 1 is 0.824 bits per heavy atom. The number of ketones is 2. The molecule has 0 N–H and O–H groups in total. The first-order valence-corrected chi connectivity index (χ1v) is 12.2. The summed E-state index contributed by atoms with van der Waals surface area (Å²) in [6, 6.07) is 11.6. The topological polar surface area (TPSA) is 78.9 Å². The molecule has 0 atom stereocenters. The van der Waals surface area contributed by atoms with Gasteiger partial charge in [-0.05, 0) is 80.5 Å². The predicted molar refractivity (Wildman–Crippen MR) is 123 cm³/mol. The predicted octanol–water partition coefficient (Wildman–Crippen LogP) is 4.63.